The van der Waals surface area contributed by atoms with Crippen LogP contribution in [-0.2, 0) is 25.9 Å². The van der Waals surface area contributed by atoms with Gasteiger partial charge in [-0.3, -0.25) is 9.69 Å². The van der Waals surface area contributed by atoms with Crippen LogP contribution in [-0.4, -0.2) is 104 Å². The van der Waals surface area contributed by atoms with E-state index in [1.165, 1.54) is 33.7 Å². The molecular weight excluding hydrogens is 694 g/mol. The number of aliphatic hydroxyl groups is 1. The molecule has 2 amide bonds. The Hall–Kier alpha value is -4.15. The van der Waals surface area contributed by atoms with Crippen LogP contribution in [0.2, 0.25) is 0 Å². The number of nitrogens with one attached hydrogen (secondary N) is 1. The molecule has 3 aliphatic rings. The maximum absolute atomic E-state index is 14.5. The molecule has 3 aromatic rings. The smallest absolute Gasteiger partial charge is 0.407 e. The number of carboxylic acid groups (broad SMARTS) is 1. The summed E-state index contributed by atoms with van der Waals surface area (Å²) in [6.45, 7) is 4.48. The van der Waals surface area contributed by atoms with Gasteiger partial charge >= 0.3 is 6.09 Å². The number of ether oxygens (including phenoxy) is 4. The molecule has 0 aliphatic carbocycles. The zero-order chi connectivity index (χ0) is 36.9. The molecule has 0 unspecified atom stereocenters. The summed E-state index contributed by atoms with van der Waals surface area (Å²) >= 11 is 0. The van der Waals surface area contributed by atoms with Crippen molar-refractivity contribution in [2.24, 2.45) is 11.3 Å². The molecule has 0 radical (unpaired) electrons. The van der Waals surface area contributed by atoms with E-state index in [0.717, 1.165) is 5.56 Å². The lowest BCUT2D eigenvalue weighted by molar-refractivity contribution is -0.0906. The summed E-state index contributed by atoms with van der Waals surface area (Å²) in [6, 6.07) is 15.3. The van der Waals surface area contributed by atoms with E-state index in [-0.39, 0.29) is 55.4 Å². The lowest BCUT2D eigenvalue weighted by Gasteiger charge is -2.40. The van der Waals surface area contributed by atoms with Gasteiger partial charge in [0.1, 0.15) is 0 Å². The Morgan fingerprint density at radius 2 is 1.81 bits per heavy atom. The zero-order valence-corrected chi connectivity index (χ0v) is 30.2. The van der Waals surface area contributed by atoms with Crippen LogP contribution in [0.15, 0.2) is 76.2 Å². The predicted octanol–water partition coefficient (Wildman–Crippen LogP) is 4.34. The lowest BCUT2D eigenvalue weighted by atomic mass is 9.87. The van der Waals surface area contributed by atoms with Crippen LogP contribution in [0.3, 0.4) is 0 Å². The largest absolute Gasteiger partial charge is 0.465 e. The number of carbonyl (C=O) groups excluding carboxylic acids is 1. The van der Waals surface area contributed by atoms with Crippen LogP contribution in [0.4, 0.5) is 4.79 Å². The molecule has 52 heavy (non-hydrogen) atoms. The number of unbranched alkanes of at least 4 members (excludes halogenated alkanes) is 1. The molecular formula is C37H47N3O11S. The van der Waals surface area contributed by atoms with Crippen LogP contribution < -0.4 is 14.8 Å². The third-order valence-corrected chi connectivity index (χ3v) is 11.8. The van der Waals surface area contributed by atoms with E-state index in [0.29, 0.717) is 50.3 Å². The molecule has 0 saturated carbocycles. The topological polar surface area (TPSA) is 177 Å². The normalized spacial score (nSPS) is 20.8. The number of amides is 2. The third-order valence-electron chi connectivity index (χ3n) is 9.96. The Morgan fingerprint density at radius 1 is 1.02 bits per heavy atom. The number of aliphatic hydroxyl groups excluding tert-OH is 1. The molecule has 3 aliphatic heterocycles. The molecule has 2 aromatic carbocycles. The van der Waals surface area contributed by atoms with Gasteiger partial charge in [-0.15, -0.1) is 0 Å². The van der Waals surface area contributed by atoms with Gasteiger partial charge in [0.05, 0.1) is 42.6 Å². The van der Waals surface area contributed by atoms with Crippen molar-refractivity contribution in [3.05, 3.63) is 78.3 Å². The molecule has 14 nitrogen and oxygen atoms in total. The van der Waals surface area contributed by atoms with Crippen LogP contribution in [0.5, 0.6) is 11.5 Å². The van der Waals surface area contributed by atoms with E-state index in [9.17, 15) is 28.2 Å². The minimum absolute atomic E-state index is 0.0236. The Bertz CT molecular complexity index is 1770. The highest BCUT2D eigenvalue weighted by Crippen LogP contribution is 2.38. The summed E-state index contributed by atoms with van der Waals surface area (Å²) in [7, 11) is -4.25. The Labute approximate surface area is 303 Å². The summed E-state index contributed by atoms with van der Waals surface area (Å²) in [6.07, 6.45) is 0.945. The lowest BCUT2D eigenvalue weighted by Crippen LogP contribution is -2.58. The van der Waals surface area contributed by atoms with Crippen molar-refractivity contribution >= 4 is 22.0 Å². The average Bonchev–Trinajstić information content (AvgIpc) is 3.94. The fraction of sp³-hybridized carbons (Fsp3) is 0.514. The van der Waals surface area contributed by atoms with Gasteiger partial charge in [0.2, 0.25) is 16.8 Å². The fourth-order valence-electron chi connectivity index (χ4n) is 7.28. The van der Waals surface area contributed by atoms with Gasteiger partial charge in [0.15, 0.2) is 23.5 Å². The van der Waals surface area contributed by atoms with Crippen molar-refractivity contribution in [1.82, 2.24) is 14.5 Å². The van der Waals surface area contributed by atoms with Crippen LogP contribution >= 0.6 is 0 Å². The van der Waals surface area contributed by atoms with Gasteiger partial charge in [0, 0.05) is 31.6 Å². The molecule has 4 heterocycles. The molecule has 6 rings (SSSR count). The first kappa shape index (κ1) is 37.6. The molecule has 0 bridgehead atoms. The molecule has 2 saturated heterocycles. The Morgan fingerprint density at radius 3 is 2.56 bits per heavy atom. The van der Waals surface area contributed by atoms with E-state index in [1.54, 1.807) is 12.1 Å². The van der Waals surface area contributed by atoms with E-state index in [4.69, 9.17) is 23.4 Å². The number of benzene rings is 2. The maximum Gasteiger partial charge on any atom is 0.407 e. The standard InChI is InChI=1S/C37H47N3O11S/c1-37(2,15-6-7-16-38-34(42)32-11-8-17-47-32)23-39(52(45,46)26-12-13-31-33(20-26)51-24-50-31)21-30(41)28(19-25-9-4-3-5-10-25)40(36(43)44)29-22-49-35-27(29)14-18-48-35/h3-5,8-13,17,20,27-30,35,41H,6-7,14-16,18-19,21-24H2,1-2H3,(H,38,42)(H,43,44)/t27-,28-,29-,30+,35+/m0/s1. The second kappa shape index (κ2) is 16.3. The Kier molecular flexibility index (Phi) is 11.8. The summed E-state index contributed by atoms with van der Waals surface area (Å²) in [5, 5.41) is 25.6. The predicted molar refractivity (Wildman–Crippen MR) is 187 cm³/mol. The van der Waals surface area contributed by atoms with E-state index in [1.807, 2.05) is 44.2 Å². The van der Waals surface area contributed by atoms with Crippen molar-refractivity contribution < 1.29 is 51.6 Å². The summed E-state index contributed by atoms with van der Waals surface area (Å²) in [5.41, 5.74) is 0.212. The first-order valence-electron chi connectivity index (χ1n) is 17.6. The molecule has 282 valence electrons. The number of fused-ring (bicyclic) bond motifs is 2. The number of nitrogens with zero attached hydrogens (tertiary/aromatic N) is 2. The van der Waals surface area contributed by atoms with Gasteiger partial charge < -0.3 is 38.9 Å². The third kappa shape index (κ3) is 8.72. The fourth-order valence-corrected chi connectivity index (χ4v) is 8.94. The Balaban J connectivity index is 1.24. The van der Waals surface area contributed by atoms with E-state index in [2.05, 4.69) is 5.32 Å². The first-order chi connectivity index (χ1) is 24.9. The second-order valence-corrected chi connectivity index (χ2v) is 16.2. The number of carbonyl (C=O) groups is 2. The minimum Gasteiger partial charge on any atom is -0.465 e. The molecule has 5 atom stereocenters. The summed E-state index contributed by atoms with van der Waals surface area (Å²) < 4.78 is 57.8. The minimum atomic E-state index is -4.25. The quantitative estimate of drug-likeness (QED) is 0.168. The van der Waals surface area contributed by atoms with E-state index >= 15 is 0 Å². The SMILES string of the molecule is CC(C)(CCCCNC(=O)c1ccco1)CN(C[C@@H](O)[C@H](Cc1ccccc1)N(C(=O)O)[C@H]1CO[C@H]2OCC[C@H]21)S(=O)(=O)c1ccc2c(c1)OCO2. The number of sulfonamides is 1. The summed E-state index contributed by atoms with van der Waals surface area (Å²) in [4.78, 5) is 26.5. The number of hydrogen-bond acceptors (Lipinski definition) is 10. The molecule has 3 N–H and O–H groups in total. The highest BCUT2D eigenvalue weighted by molar-refractivity contribution is 7.89. The van der Waals surface area contributed by atoms with Gasteiger partial charge in [-0.2, -0.15) is 4.31 Å². The maximum atomic E-state index is 14.5. The highest BCUT2D eigenvalue weighted by atomic mass is 32.2. The van der Waals surface area contributed by atoms with Crippen molar-refractivity contribution in [2.75, 3.05) is 39.6 Å². The number of hydrogen-bond donors (Lipinski definition) is 3. The molecule has 15 heteroatoms. The highest BCUT2D eigenvalue weighted by Gasteiger charge is 2.49. The van der Waals surface area contributed by atoms with Crippen molar-refractivity contribution in [3.63, 3.8) is 0 Å². The summed E-state index contributed by atoms with van der Waals surface area (Å²) in [5.74, 6) is 0.439. The molecule has 0 spiro atoms. The monoisotopic (exact) mass is 741 g/mol. The van der Waals surface area contributed by atoms with Gasteiger partial charge in [-0.05, 0) is 60.9 Å². The van der Waals surface area contributed by atoms with Crippen LogP contribution in [0.1, 0.15) is 55.6 Å². The molecule has 1 aromatic heterocycles. The number of rotatable bonds is 17. The first-order valence-corrected chi connectivity index (χ1v) is 19.0. The van der Waals surface area contributed by atoms with Crippen LogP contribution in [0.25, 0.3) is 0 Å². The van der Waals surface area contributed by atoms with E-state index < -0.39 is 46.0 Å². The number of furan rings is 1. The molecule has 2 fully saturated rings. The van der Waals surface area contributed by atoms with Gasteiger partial charge in [-0.25, -0.2) is 13.2 Å². The average molecular weight is 742 g/mol. The van der Waals surface area contributed by atoms with Crippen molar-refractivity contribution in [2.45, 2.75) is 75.3 Å². The second-order valence-electron chi connectivity index (χ2n) is 14.3. The van der Waals surface area contributed by atoms with Crippen molar-refractivity contribution in [1.29, 1.82) is 0 Å². The zero-order valence-electron chi connectivity index (χ0n) is 29.4. The van der Waals surface area contributed by atoms with Gasteiger partial charge in [-0.1, -0.05) is 50.6 Å². The van der Waals surface area contributed by atoms with Gasteiger partial charge in [0.25, 0.3) is 5.91 Å². The van der Waals surface area contributed by atoms with Crippen LogP contribution in [0, 0.1) is 11.3 Å². The van der Waals surface area contributed by atoms with Crippen molar-refractivity contribution in [3.8, 4) is 11.5 Å².